The van der Waals surface area contributed by atoms with Crippen LogP contribution in [0.3, 0.4) is 0 Å². The van der Waals surface area contributed by atoms with Crippen molar-refractivity contribution in [3.05, 3.63) is 73.9 Å². The Morgan fingerprint density at radius 2 is 1.53 bits per heavy atom. The maximum Gasteiger partial charge on any atom is 0.349 e. The molecule has 2 aromatic carbocycles. The van der Waals surface area contributed by atoms with Gasteiger partial charge in [0.2, 0.25) is 0 Å². The fourth-order valence-corrected chi connectivity index (χ4v) is 3.98. The molecule has 0 nitrogen and oxygen atoms in total. The molecule has 0 heterocycles. The Labute approximate surface area is 114 Å². The van der Waals surface area contributed by atoms with Gasteiger partial charge < -0.3 is 0 Å². The molecule has 0 fully saturated rings. The van der Waals surface area contributed by atoms with Crippen LogP contribution in [0.15, 0.2) is 64.7 Å². The van der Waals surface area contributed by atoms with E-state index in [4.69, 9.17) is 0 Å². The van der Waals surface area contributed by atoms with Crippen molar-refractivity contribution in [2.75, 3.05) is 0 Å². The van der Waals surface area contributed by atoms with E-state index in [1.54, 1.807) is 0 Å². The highest BCUT2D eigenvalue weighted by Gasteiger charge is 2.09. The van der Waals surface area contributed by atoms with E-state index in [2.05, 4.69) is 71.7 Å². The fourth-order valence-electron chi connectivity index (χ4n) is 1.61. The predicted molar refractivity (Wildman–Crippen MR) is 69.8 cm³/mol. The fraction of sp³-hybridized carbons (Fsp3) is 0.125. The molecule has 86 valence electrons. The number of hydrogen-bond donors (Lipinski definition) is 0. The van der Waals surface area contributed by atoms with Crippen molar-refractivity contribution in [3.8, 4) is 0 Å². The summed E-state index contributed by atoms with van der Waals surface area (Å²) in [5.74, 6) is 0. The Hall–Kier alpha value is -1.09. The van der Waals surface area contributed by atoms with Gasteiger partial charge in [-0.1, -0.05) is 55.5 Å². The smallest absolute Gasteiger partial charge is 0.0622 e. The van der Waals surface area contributed by atoms with Gasteiger partial charge in [-0.2, -0.15) is 0 Å². The van der Waals surface area contributed by atoms with E-state index in [9.17, 15) is 0 Å². The van der Waals surface area contributed by atoms with Gasteiger partial charge >= 0.3 is 21.2 Å². The van der Waals surface area contributed by atoms with Crippen LogP contribution in [0.2, 0.25) is 0 Å². The largest absolute Gasteiger partial charge is 0.349 e. The lowest BCUT2D eigenvalue weighted by atomic mass is 10.1. The molecule has 0 N–H and O–H groups in total. The molecule has 0 unspecified atom stereocenters. The summed E-state index contributed by atoms with van der Waals surface area (Å²) in [6, 6.07) is 21.5. The average Bonchev–Trinajstić information content (AvgIpc) is 2.42. The molecule has 0 aliphatic carbocycles. The van der Waals surface area contributed by atoms with E-state index in [1.807, 2.05) is 0 Å². The maximum atomic E-state index is 2.45. The first-order valence-corrected chi connectivity index (χ1v) is 8.15. The third-order valence-electron chi connectivity index (χ3n) is 2.57. The van der Waals surface area contributed by atoms with E-state index in [1.165, 1.54) is 14.7 Å². The molecule has 2 rings (SSSR count). The van der Waals surface area contributed by atoms with Gasteiger partial charge in [0.15, 0.2) is 7.65 Å². The first kappa shape index (κ1) is 12.4. The van der Waals surface area contributed by atoms with Crippen LogP contribution in [0.5, 0.6) is 0 Å². The minimum Gasteiger partial charge on any atom is -0.0622 e. The Bertz CT molecular complexity index is 471. The van der Waals surface area contributed by atoms with Crippen molar-refractivity contribution in [1.29, 1.82) is 0 Å². The summed E-state index contributed by atoms with van der Waals surface area (Å²) in [6.45, 7) is 2.23. The van der Waals surface area contributed by atoms with Crippen LogP contribution < -0.4 is 21.2 Å². The SMILES string of the molecule is CC/C(=C\[I+]c1ccccc1)c1ccccc1. The molecule has 0 saturated carbocycles. The van der Waals surface area contributed by atoms with Crippen LogP contribution in [0, 0.1) is 3.57 Å². The van der Waals surface area contributed by atoms with Crippen LogP contribution in [-0.4, -0.2) is 0 Å². The van der Waals surface area contributed by atoms with Gasteiger partial charge in [-0.05, 0) is 24.1 Å². The molecule has 2 aromatic rings. The maximum absolute atomic E-state index is 2.45. The Morgan fingerprint density at radius 3 is 2.12 bits per heavy atom. The van der Waals surface area contributed by atoms with Crippen molar-refractivity contribution in [1.82, 2.24) is 0 Å². The van der Waals surface area contributed by atoms with Gasteiger partial charge in [0.1, 0.15) is 0 Å². The van der Waals surface area contributed by atoms with Crippen molar-refractivity contribution in [2.24, 2.45) is 0 Å². The lowest BCUT2D eigenvalue weighted by Gasteiger charge is -1.99. The highest BCUT2D eigenvalue weighted by Crippen LogP contribution is 2.14. The first-order chi connectivity index (χ1) is 8.40. The molecule has 0 saturated heterocycles. The highest BCUT2D eigenvalue weighted by atomic mass is 127. The molecular formula is C16H16I+. The molecule has 0 radical (unpaired) electrons. The molecule has 0 atom stereocenters. The number of benzene rings is 2. The Morgan fingerprint density at radius 1 is 0.941 bits per heavy atom. The minimum absolute atomic E-state index is 0.00769. The summed E-state index contributed by atoms with van der Waals surface area (Å²) in [7, 11) is 0. The van der Waals surface area contributed by atoms with E-state index in [0.717, 1.165) is 6.42 Å². The second kappa shape index (κ2) is 6.60. The molecule has 0 aliphatic heterocycles. The van der Waals surface area contributed by atoms with Gasteiger partial charge in [0.25, 0.3) is 0 Å². The zero-order chi connectivity index (χ0) is 11.9. The molecule has 1 heteroatoms. The lowest BCUT2D eigenvalue weighted by Crippen LogP contribution is -3.59. The number of halogens is 1. The van der Waals surface area contributed by atoms with Gasteiger partial charge in [0, 0.05) is 5.57 Å². The van der Waals surface area contributed by atoms with Crippen LogP contribution >= 0.6 is 0 Å². The summed E-state index contributed by atoms with van der Waals surface area (Å²) in [5.41, 5.74) is 2.84. The summed E-state index contributed by atoms with van der Waals surface area (Å²) in [5, 5.41) is 0. The molecule has 0 aliphatic rings. The third-order valence-corrected chi connectivity index (χ3v) is 5.07. The summed E-state index contributed by atoms with van der Waals surface area (Å²) in [6.07, 6.45) is 1.11. The van der Waals surface area contributed by atoms with Crippen LogP contribution in [0.1, 0.15) is 18.9 Å². The number of allylic oxidation sites excluding steroid dienone is 1. The van der Waals surface area contributed by atoms with E-state index in [-0.39, 0.29) is 21.2 Å². The molecule has 17 heavy (non-hydrogen) atoms. The summed E-state index contributed by atoms with van der Waals surface area (Å²) < 4.78 is 3.93. The standard InChI is InChI=1S/C16H16I/c1-2-14(15-9-5-3-6-10-15)13-17-16-11-7-4-8-12-16/h3-13H,2H2,1H3/q+1/b14-13+. The van der Waals surface area contributed by atoms with Crippen LogP contribution in [-0.2, 0) is 0 Å². The van der Waals surface area contributed by atoms with Gasteiger partial charge in [-0.15, -0.1) is 0 Å². The summed E-state index contributed by atoms with van der Waals surface area (Å²) in [4.78, 5) is 0. The lowest BCUT2D eigenvalue weighted by molar-refractivity contribution is -0.556. The topological polar surface area (TPSA) is 0 Å². The molecule has 0 aromatic heterocycles. The van der Waals surface area contributed by atoms with Crippen LogP contribution in [0.25, 0.3) is 5.57 Å². The highest BCUT2D eigenvalue weighted by molar-refractivity contribution is 5.63. The van der Waals surface area contributed by atoms with Crippen molar-refractivity contribution in [3.63, 3.8) is 0 Å². The van der Waals surface area contributed by atoms with Crippen molar-refractivity contribution in [2.45, 2.75) is 13.3 Å². The van der Waals surface area contributed by atoms with Gasteiger partial charge in [-0.3, -0.25) is 0 Å². The number of rotatable bonds is 4. The average molecular weight is 335 g/mol. The third kappa shape index (κ3) is 3.70. The molecule has 0 amide bonds. The Kier molecular flexibility index (Phi) is 4.80. The quantitative estimate of drug-likeness (QED) is 0.741. The molecule has 0 bridgehead atoms. The summed E-state index contributed by atoms with van der Waals surface area (Å²) >= 11 is -0.00769. The zero-order valence-electron chi connectivity index (χ0n) is 9.94. The van der Waals surface area contributed by atoms with Gasteiger partial charge in [-0.25, -0.2) is 0 Å². The van der Waals surface area contributed by atoms with Crippen molar-refractivity contribution >= 4 is 5.57 Å². The predicted octanol–water partition coefficient (Wildman–Crippen LogP) is 1.40. The first-order valence-electron chi connectivity index (χ1n) is 5.83. The van der Waals surface area contributed by atoms with Gasteiger partial charge in [0.05, 0.1) is 0 Å². The second-order valence-corrected chi connectivity index (χ2v) is 6.25. The number of hydrogen-bond acceptors (Lipinski definition) is 0. The minimum atomic E-state index is -0.00769. The van der Waals surface area contributed by atoms with Crippen molar-refractivity contribution < 1.29 is 21.2 Å². The van der Waals surface area contributed by atoms with Crippen LogP contribution in [0.4, 0.5) is 0 Å². The van der Waals surface area contributed by atoms with E-state index >= 15 is 0 Å². The second-order valence-electron chi connectivity index (χ2n) is 3.76. The normalized spacial score (nSPS) is 11.5. The zero-order valence-corrected chi connectivity index (χ0v) is 12.1. The Balaban J connectivity index is 2.14. The van der Waals surface area contributed by atoms with E-state index < -0.39 is 0 Å². The molecular weight excluding hydrogens is 319 g/mol. The monoisotopic (exact) mass is 335 g/mol. The van der Waals surface area contributed by atoms with E-state index in [0.29, 0.717) is 0 Å². The molecule has 0 spiro atoms.